The van der Waals surface area contributed by atoms with Crippen molar-refractivity contribution in [1.82, 2.24) is 31.9 Å². The number of ether oxygens (including phenoxy) is 2. The van der Waals surface area contributed by atoms with Gasteiger partial charge in [-0.3, -0.25) is 33.6 Å². The highest BCUT2D eigenvalue weighted by Gasteiger charge is 2.44. The molecular formula is C37H52N8O14S2. The van der Waals surface area contributed by atoms with E-state index in [1.165, 1.54) is 12.1 Å². The molecule has 0 unspecified atom stereocenters. The summed E-state index contributed by atoms with van der Waals surface area (Å²) in [6.45, 7) is -2.84. The van der Waals surface area contributed by atoms with Gasteiger partial charge < -0.3 is 78.4 Å². The van der Waals surface area contributed by atoms with Crippen LogP contribution in [0.5, 0.6) is 5.75 Å². The summed E-state index contributed by atoms with van der Waals surface area (Å²) in [4.78, 5) is 90.4. The molecule has 0 spiro atoms. The molecule has 1 saturated heterocycles. The largest absolute Gasteiger partial charge is 0.508 e. The molecule has 1 aliphatic heterocycles. The standard InChI is InChI=1S/C37H52N8O14S2/c38-21(10-19-6-8-20(47)9-7-19)32(53)44-24(16-60)34(55)41-13-28(49)42-22(11-18-4-2-1-3-5-18)35(56)45-25(17-61)36(57)43-23(33(54)40-12-27(39)48)15-58-37-31(52)30(51)29(50)26(14-46)59-37/h1-9,21-26,29-31,37,46-47,50-52,60-61H,10-17,38H2,(H2,39,48)(H,40,54)(H,41,55)(H,42,49)(H,43,57)(H,44,53)(H,45,56)/t21-,22-,23-,24+,25+,26+,29-,30-,31+,37+/m0/s1. The quantitative estimate of drug-likeness (QED) is 0.0462. The summed E-state index contributed by atoms with van der Waals surface area (Å²) < 4.78 is 10.7. The third-order valence-electron chi connectivity index (χ3n) is 9.06. The zero-order chi connectivity index (χ0) is 45.2. The Morgan fingerprint density at radius 1 is 0.672 bits per heavy atom. The van der Waals surface area contributed by atoms with E-state index in [0.717, 1.165) is 0 Å². The van der Waals surface area contributed by atoms with Crippen molar-refractivity contribution >= 4 is 66.6 Å². The molecule has 336 valence electrons. The number of amides is 7. The van der Waals surface area contributed by atoms with E-state index >= 15 is 0 Å². The van der Waals surface area contributed by atoms with Gasteiger partial charge in [-0.2, -0.15) is 25.3 Å². The number of nitrogens with one attached hydrogen (secondary N) is 6. The second kappa shape index (κ2) is 25.0. The molecule has 2 aromatic rings. The lowest BCUT2D eigenvalue weighted by Crippen LogP contribution is -2.61. The van der Waals surface area contributed by atoms with Gasteiger partial charge in [-0.05, 0) is 29.7 Å². The first-order valence-corrected chi connectivity index (χ1v) is 20.0. The summed E-state index contributed by atoms with van der Waals surface area (Å²) >= 11 is 8.28. The van der Waals surface area contributed by atoms with Crippen LogP contribution in [-0.4, -0.2) is 166 Å². The van der Waals surface area contributed by atoms with Gasteiger partial charge in [0.1, 0.15) is 54.3 Å². The van der Waals surface area contributed by atoms with Gasteiger partial charge in [0.25, 0.3) is 0 Å². The molecule has 1 aliphatic rings. The monoisotopic (exact) mass is 896 g/mol. The Bertz CT molecular complexity index is 1800. The molecule has 7 amide bonds. The Morgan fingerprint density at radius 3 is 1.82 bits per heavy atom. The number of aromatic hydroxyl groups is 1. The molecule has 22 nitrogen and oxygen atoms in total. The van der Waals surface area contributed by atoms with E-state index in [4.69, 9.17) is 20.9 Å². The van der Waals surface area contributed by atoms with Crippen LogP contribution >= 0.6 is 25.3 Å². The van der Waals surface area contributed by atoms with E-state index in [1.54, 1.807) is 42.5 Å². The average Bonchev–Trinajstić information content (AvgIpc) is 3.24. The van der Waals surface area contributed by atoms with E-state index < -0.39 is 129 Å². The van der Waals surface area contributed by atoms with Crippen LogP contribution in [0.15, 0.2) is 54.6 Å². The fourth-order valence-electron chi connectivity index (χ4n) is 5.66. The molecule has 0 aliphatic carbocycles. The number of carbonyl (C=O) groups excluding carboxylic acids is 7. The first kappa shape index (κ1) is 50.3. The molecule has 10 atom stereocenters. The normalized spacial score (nSPS) is 21.0. The lowest BCUT2D eigenvalue weighted by Gasteiger charge is -2.40. The number of rotatable bonds is 23. The van der Waals surface area contributed by atoms with Crippen LogP contribution in [0.2, 0.25) is 0 Å². The second-order valence-corrected chi connectivity index (χ2v) is 14.5. The SMILES string of the molecule is NC(=O)CNC(=O)[C@H](CO[C@@H]1O[C@H](CO)[C@H](O)[C@H](O)[C@H]1O)NC(=O)[C@@H](CS)NC(=O)[C@H](Cc1ccccc1)NC(=O)CNC(=O)[C@@H](CS)NC(=O)[C@@H](N)Cc1ccc(O)cc1. The van der Waals surface area contributed by atoms with E-state index in [-0.39, 0.29) is 30.1 Å². The topological polar surface area (TPSA) is 363 Å². The van der Waals surface area contributed by atoms with Crippen molar-refractivity contribution in [2.45, 2.75) is 73.8 Å². The third kappa shape index (κ3) is 16.1. The molecule has 0 bridgehead atoms. The molecule has 61 heavy (non-hydrogen) atoms. The predicted octanol–water partition coefficient (Wildman–Crippen LogP) is -6.16. The van der Waals surface area contributed by atoms with Gasteiger partial charge in [0.2, 0.25) is 41.4 Å². The number of carbonyl (C=O) groups is 7. The number of hydrogen-bond acceptors (Lipinski definition) is 17. The highest BCUT2D eigenvalue weighted by atomic mass is 32.1. The lowest BCUT2D eigenvalue weighted by molar-refractivity contribution is -0.301. The number of aliphatic hydroxyl groups is 4. The average molecular weight is 897 g/mol. The highest BCUT2D eigenvalue weighted by Crippen LogP contribution is 2.22. The van der Waals surface area contributed by atoms with Crippen LogP contribution < -0.4 is 43.4 Å². The molecule has 0 saturated carbocycles. The summed E-state index contributed by atoms with van der Waals surface area (Å²) in [5.41, 5.74) is 12.4. The molecule has 3 rings (SSSR count). The van der Waals surface area contributed by atoms with Crippen LogP contribution in [-0.2, 0) is 55.9 Å². The van der Waals surface area contributed by atoms with Gasteiger partial charge in [-0.1, -0.05) is 42.5 Å². The van der Waals surface area contributed by atoms with Crippen molar-refractivity contribution in [3.05, 3.63) is 65.7 Å². The number of primary amides is 1. The summed E-state index contributed by atoms with van der Waals surface area (Å²) in [6.07, 6.45) is -8.42. The molecule has 0 radical (unpaired) electrons. The van der Waals surface area contributed by atoms with Crippen molar-refractivity contribution in [1.29, 1.82) is 0 Å². The van der Waals surface area contributed by atoms with Crippen LogP contribution in [0, 0.1) is 0 Å². The Hall–Kier alpha value is -5.05. The van der Waals surface area contributed by atoms with Gasteiger partial charge in [0.05, 0.1) is 32.3 Å². The smallest absolute Gasteiger partial charge is 0.245 e. The van der Waals surface area contributed by atoms with Crippen molar-refractivity contribution in [3.63, 3.8) is 0 Å². The first-order valence-electron chi connectivity index (χ1n) is 18.7. The second-order valence-electron chi connectivity index (χ2n) is 13.8. The van der Waals surface area contributed by atoms with E-state index in [2.05, 4.69) is 57.2 Å². The summed E-state index contributed by atoms with van der Waals surface area (Å²) in [7, 11) is 0. The molecule has 15 N–H and O–H groups in total. The van der Waals surface area contributed by atoms with Crippen LogP contribution in [0.25, 0.3) is 0 Å². The summed E-state index contributed by atoms with van der Waals surface area (Å²) in [6, 6.07) is 7.78. The maximum absolute atomic E-state index is 13.7. The number of thiol groups is 2. The zero-order valence-electron chi connectivity index (χ0n) is 32.6. The maximum Gasteiger partial charge on any atom is 0.245 e. The van der Waals surface area contributed by atoms with Crippen LogP contribution in [0.4, 0.5) is 0 Å². The number of phenols is 1. The Morgan fingerprint density at radius 2 is 1.21 bits per heavy atom. The highest BCUT2D eigenvalue weighted by molar-refractivity contribution is 7.80. The Kier molecular flexibility index (Phi) is 20.6. The zero-order valence-corrected chi connectivity index (χ0v) is 34.4. The van der Waals surface area contributed by atoms with Gasteiger partial charge in [-0.25, -0.2) is 0 Å². The molecular weight excluding hydrogens is 845 g/mol. The molecule has 1 heterocycles. The summed E-state index contributed by atoms with van der Waals surface area (Å²) in [5.74, 6) is -6.58. The number of hydrogen-bond donors (Lipinski definition) is 15. The maximum atomic E-state index is 13.7. The van der Waals surface area contributed by atoms with Gasteiger partial charge in [0.15, 0.2) is 6.29 Å². The predicted molar refractivity (Wildman–Crippen MR) is 220 cm³/mol. The number of aliphatic hydroxyl groups excluding tert-OH is 4. The Balaban J connectivity index is 1.67. The fourth-order valence-corrected chi connectivity index (χ4v) is 6.18. The minimum Gasteiger partial charge on any atom is -0.508 e. The van der Waals surface area contributed by atoms with Gasteiger partial charge in [0, 0.05) is 17.9 Å². The van der Waals surface area contributed by atoms with Crippen molar-refractivity contribution in [2.24, 2.45) is 11.5 Å². The fraction of sp³-hybridized carbons (Fsp3) is 0.486. The number of phenolic OH excluding ortho intramolecular Hbond substituents is 1. The Labute approximate surface area is 360 Å². The first-order chi connectivity index (χ1) is 29.0. The van der Waals surface area contributed by atoms with E-state index in [1.807, 2.05) is 0 Å². The summed E-state index contributed by atoms with van der Waals surface area (Å²) in [5, 5.41) is 63.8. The van der Waals surface area contributed by atoms with E-state index in [9.17, 15) is 59.1 Å². The molecule has 1 fully saturated rings. The van der Waals surface area contributed by atoms with Crippen molar-refractivity contribution in [3.8, 4) is 5.75 Å². The minimum atomic E-state index is -1.85. The van der Waals surface area contributed by atoms with Crippen LogP contribution in [0.1, 0.15) is 11.1 Å². The molecule has 0 aromatic heterocycles. The third-order valence-corrected chi connectivity index (χ3v) is 9.79. The van der Waals surface area contributed by atoms with E-state index in [0.29, 0.717) is 11.1 Å². The number of nitrogens with two attached hydrogens (primary N) is 2. The van der Waals surface area contributed by atoms with Gasteiger partial charge >= 0.3 is 0 Å². The minimum absolute atomic E-state index is 0.0358. The molecule has 2 aromatic carbocycles. The van der Waals surface area contributed by atoms with Crippen LogP contribution in [0.3, 0.4) is 0 Å². The number of benzene rings is 2. The molecule has 24 heteroatoms. The van der Waals surface area contributed by atoms with Crippen molar-refractivity contribution in [2.75, 3.05) is 37.8 Å². The lowest BCUT2D eigenvalue weighted by atomic mass is 9.99. The van der Waals surface area contributed by atoms with Gasteiger partial charge in [-0.15, -0.1) is 0 Å². The van der Waals surface area contributed by atoms with Crippen molar-refractivity contribution < 1.29 is 68.6 Å².